The van der Waals surface area contributed by atoms with E-state index in [4.69, 9.17) is 0 Å². The van der Waals surface area contributed by atoms with Crippen molar-refractivity contribution in [1.82, 2.24) is 14.8 Å². The molecule has 2 rings (SSSR count). The summed E-state index contributed by atoms with van der Waals surface area (Å²) in [5.41, 5.74) is -0.207. The van der Waals surface area contributed by atoms with Crippen LogP contribution in [0.2, 0.25) is 0 Å². The largest absolute Gasteiger partial charge is 0.416 e. The molecule has 1 aromatic heterocycles. The number of alkyl halides is 3. The Morgan fingerprint density at radius 2 is 1.92 bits per heavy atom. The number of hydrogen-bond acceptors (Lipinski definition) is 3. The van der Waals surface area contributed by atoms with Crippen LogP contribution >= 0.6 is 11.3 Å². The van der Waals surface area contributed by atoms with Gasteiger partial charge in [0.15, 0.2) is 4.80 Å². The van der Waals surface area contributed by atoms with E-state index in [1.807, 2.05) is 25.9 Å². The van der Waals surface area contributed by atoms with Crippen molar-refractivity contribution >= 4 is 17.4 Å². The Bertz CT molecular complexity index is 791. The number of nitrogens with zero attached hydrogens (tertiary/aromatic N) is 3. The van der Waals surface area contributed by atoms with E-state index in [1.54, 1.807) is 10.8 Å². The fourth-order valence-corrected chi connectivity index (χ4v) is 2.87. The molecule has 0 spiro atoms. The number of amides is 2. The number of aryl methyl sites for hydroxylation is 1. The van der Waals surface area contributed by atoms with Crippen LogP contribution in [0.15, 0.2) is 35.5 Å². The maximum atomic E-state index is 12.7. The van der Waals surface area contributed by atoms with Crippen molar-refractivity contribution < 1.29 is 18.0 Å². The number of carbonyl (C=O) groups excluding carboxylic acids is 1. The van der Waals surface area contributed by atoms with Gasteiger partial charge in [-0.15, -0.1) is 11.3 Å². The topological polar surface area (TPSA) is 49.6 Å². The second-order valence-corrected chi connectivity index (χ2v) is 6.90. The normalized spacial score (nSPS) is 12.7. The van der Waals surface area contributed by atoms with Crippen LogP contribution < -0.4 is 10.1 Å². The van der Waals surface area contributed by atoms with Crippen molar-refractivity contribution in [2.75, 3.05) is 27.2 Å². The summed E-state index contributed by atoms with van der Waals surface area (Å²) in [5.74, 6) is 0. The van der Waals surface area contributed by atoms with Crippen LogP contribution in [0.5, 0.6) is 0 Å². The molecule has 0 unspecified atom stereocenters. The molecule has 0 fully saturated rings. The minimum absolute atomic E-state index is 0.402. The van der Waals surface area contributed by atoms with E-state index in [1.165, 1.54) is 23.5 Å². The third-order valence-electron chi connectivity index (χ3n) is 3.27. The van der Waals surface area contributed by atoms with Gasteiger partial charge in [-0.25, -0.2) is 4.79 Å². The van der Waals surface area contributed by atoms with Gasteiger partial charge in [-0.2, -0.15) is 18.2 Å². The zero-order valence-corrected chi connectivity index (χ0v) is 14.9. The first-order valence-electron chi connectivity index (χ1n) is 7.51. The van der Waals surface area contributed by atoms with Crippen LogP contribution in [0.4, 0.5) is 18.0 Å². The first-order chi connectivity index (χ1) is 11.7. The zero-order chi connectivity index (χ0) is 18.6. The highest BCUT2D eigenvalue weighted by Crippen LogP contribution is 2.29. The Labute approximate surface area is 147 Å². The first-order valence-corrected chi connectivity index (χ1v) is 8.32. The van der Waals surface area contributed by atoms with E-state index in [0.717, 1.165) is 17.0 Å². The Kier molecular flexibility index (Phi) is 6.02. The van der Waals surface area contributed by atoms with Gasteiger partial charge in [-0.1, -0.05) is 0 Å². The summed E-state index contributed by atoms with van der Waals surface area (Å²) in [6, 6.07) is 4.26. The fraction of sp³-hybridized carbons (Fsp3) is 0.375. The predicted octanol–water partition coefficient (Wildman–Crippen LogP) is 3.04. The lowest BCUT2D eigenvalue weighted by Crippen LogP contribution is -2.30. The first kappa shape index (κ1) is 19.2. The Morgan fingerprint density at radius 1 is 1.28 bits per heavy atom. The minimum Gasteiger partial charge on any atom is -0.335 e. The lowest BCUT2D eigenvalue weighted by atomic mass is 10.2. The molecule has 0 saturated heterocycles. The summed E-state index contributed by atoms with van der Waals surface area (Å²) in [4.78, 5) is 19.2. The molecular formula is C16H19F3N4OS. The molecule has 2 amide bonds. The Morgan fingerprint density at radius 3 is 2.48 bits per heavy atom. The van der Waals surface area contributed by atoms with Crippen molar-refractivity contribution in [1.29, 1.82) is 0 Å². The Hall–Kier alpha value is -2.13. The molecule has 1 N–H and O–H groups in total. The predicted molar refractivity (Wildman–Crippen MR) is 90.9 cm³/mol. The van der Waals surface area contributed by atoms with Gasteiger partial charge < -0.3 is 10.2 Å². The van der Waals surface area contributed by atoms with Gasteiger partial charge >= 0.3 is 12.2 Å². The van der Waals surface area contributed by atoms with Gasteiger partial charge in [0.1, 0.15) is 0 Å². The minimum atomic E-state index is -4.38. The molecule has 25 heavy (non-hydrogen) atoms. The van der Waals surface area contributed by atoms with Gasteiger partial charge in [0, 0.05) is 29.9 Å². The quantitative estimate of drug-likeness (QED) is 0.897. The summed E-state index contributed by atoms with van der Waals surface area (Å²) in [7, 11) is 3.79. The van der Waals surface area contributed by atoms with Crippen LogP contribution in [0.1, 0.15) is 10.4 Å². The van der Waals surface area contributed by atoms with Crippen molar-refractivity contribution in [3.63, 3.8) is 0 Å². The van der Waals surface area contributed by atoms with Gasteiger partial charge in [-0.3, -0.25) is 4.57 Å². The van der Waals surface area contributed by atoms with Crippen LogP contribution in [-0.4, -0.2) is 42.7 Å². The van der Waals surface area contributed by atoms with E-state index in [9.17, 15) is 18.0 Å². The molecule has 9 heteroatoms. The van der Waals surface area contributed by atoms with E-state index >= 15 is 0 Å². The number of thiazole rings is 1. The number of benzene rings is 1. The third kappa shape index (κ3) is 5.43. The molecule has 0 aliphatic carbocycles. The lowest BCUT2D eigenvalue weighted by molar-refractivity contribution is -0.137. The molecule has 1 heterocycles. The summed E-state index contributed by atoms with van der Waals surface area (Å²) in [6.45, 7) is 2.98. The number of rotatable bonds is 4. The number of nitrogens with one attached hydrogen (secondary N) is 1. The van der Waals surface area contributed by atoms with Crippen LogP contribution in [0.3, 0.4) is 0 Å². The molecule has 0 bridgehead atoms. The maximum absolute atomic E-state index is 12.7. The van der Waals surface area contributed by atoms with Crippen molar-refractivity contribution in [2.24, 2.45) is 4.99 Å². The average molecular weight is 372 g/mol. The van der Waals surface area contributed by atoms with E-state index in [-0.39, 0.29) is 0 Å². The van der Waals surface area contributed by atoms with E-state index < -0.39 is 17.8 Å². The summed E-state index contributed by atoms with van der Waals surface area (Å²) in [6.07, 6.45) is -2.65. The van der Waals surface area contributed by atoms with Crippen molar-refractivity contribution in [2.45, 2.75) is 13.1 Å². The second kappa shape index (κ2) is 7.83. The SMILES string of the molecule is Cc1cn(-c2ccc(C(F)(F)F)cc2)c(=NC(=O)NCCN(C)C)s1. The smallest absolute Gasteiger partial charge is 0.335 e. The van der Waals surface area contributed by atoms with Crippen LogP contribution in [0.25, 0.3) is 5.69 Å². The summed E-state index contributed by atoms with van der Waals surface area (Å²) in [5, 5.41) is 2.68. The Balaban J connectivity index is 2.25. The molecule has 0 saturated carbocycles. The maximum Gasteiger partial charge on any atom is 0.416 e. The van der Waals surface area contributed by atoms with Crippen molar-refractivity contribution in [3.05, 3.63) is 45.7 Å². The molecule has 0 aliphatic heterocycles. The number of likely N-dealkylation sites (N-methyl/N-ethyl adjacent to an activating group) is 1. The zero-order valence-electron chi connectivity index (χ0n) is 14.1. The molecule has 0 radical (unpaired) electrons. The van der Waals surface area contributed by atoms with Gasteiger partial charge in [-0.05, 0) is 45.3 Å². The van der Waals surface area contributed by atoms with Gasteiger partial charge in [0.05, 0.1) is 5.56 Å². The average Bonchev–Trinajstić information content (AvgIpc) is 2.86. The number of hydrogen-bond donors (Lipinski definition) is 1. The highest BCUT2D eigenvalue weighted by atomic mass is 32.1. The van der Waals surface area contributed by atoms with E-state index in [0.29, 0.717) is 23.6 Å². The molecule has 136 valence electrons. The number of aromatic nitrogens is 1. The monoisotopic (exact) mass is 372 g/mol. The van der Waals surface area contributed by atoms with Gasteiger partial charge in [0.25, 0.3) is 0 Å². The highest BCUT2D eigenvalue weighted by Gasteiger charge is 2.30. The van der Waals surface area contributed by atoms with Crippen molar-refractivity contribution in [3.8, 4) is 5.69 Å². The molecule has 0 aliphatic rings. The second-order valence-electron chi connectivity index (χ2n) is 5.69. The van der Waals surface area contributed by atoms with Crippen LogP contribution in [0, 0.1) is 6.92 Å². The molecule has 1 aromatic carbocycles. The molecule has 2 aromatic rings. The molecular weight excluding hydrogens is 353 g/mol. The molecule has 0 atom stereocenters. The summed E-state index contributed by atoms with van der Waals surface area (Å²) < 4.78 is 39.6. The van der Waals surface area contributed by atoms with Gasteiger partial charge in [0.2, 0.25) is 0 Å². The number of carbonyl (C=O) groups is 1. The lowest BCUT2D eigenvalue weighted by Gasteiger charge is -2.09. The van der Waals surface area contributed by atoms with Crippen LogP contribution in [-0.2, 0) is 6.18 Å². The highest BCUT2D eigenvalue weighted by molar-refractivity contribution is 7.09. The number of halogens is 3. The fourth-order valence-electron chi connectivity index (χ4n) is 2.04. The standard InChI is InChI=1S/C16H19F3N4OS/c1-11-10-23(13-6-4-12(5-7-13)16(17,18)19)15(25-11)21-14(24)20-8-9-22(2)3/h4-7,10H,8-9H2,1-3H3,(H,20,24). The number of urea groups is 1. The van der Waals surface area contributed by atoms with E-state index in [2.05, 4.69) is 10.3 Å². The molecule has 5 nitrogen and oxygen atoms in total. The third-order valence-corrected chi connectivity index (χ3v) is 4.17. The summed E-state index contributed by atoms with van der Waals surface area (Å²) >= 11 is 1.29.